The van der Waals surface area contributed by atoms with Gasteiger partial charge in [0.2, 0.25) is 0 Å². The van der Waals surface area contributed by atoms with E-state index in [1.54, 1.807) is 37.3 Å². The number of hydrogen-bond donors (Lipinski definition) is 1. The Morgan fingerprint density at radius 2 is 2.00 bits per heavy atom. The molecule has 0 unspecified atom stereocenters. The fraction of sp³-hybridized carbons (Fsp3) is 0.154. The van der Waals surface area contributed by atoms with Gasteiger partial charge in [-0.05, 0) is 30.7 Å². The number of nitrogens with one attached hydrogen (secondary N) is 1. The molecule has 0 aromatic heterocycles. The number of rotatable bonds is 2. The van der Waals surface area contributed by atoms with Gasteiger partial charge >= 0.3 is 6.03 Å². The molecule has 1 aliphatic rings. The zero-order chi connectivity index (χ0) is 13.1. The van der Waals surface area contributed by atoms with Crippen LogP contribution in [0.25, 0.3) is 6.08 Å². The van der Waals surface area contributed by atoms with E-state index in [0.29, 0.717) is 12.1 Å². The average molecular weight is 241 g/mol. The summed E-state index contributed by atoms with van der Waals surface area (Å²) in [5.41, 5.74) is 1.57. The second kappa shape index (κ2) is 4.72. The lowest BCUT2D eigenvalue weighted by atomic mass is 10.1. The largest absolute Gasteiger partial charge is 0.328 e. The quantitative estimate of drug-likeness (QED) is 0.629. The maximum Gasteiger partial charge on any atom is 0.328 e. The standard InChI is InChI=1S/C13H11N3O2/c1-2-16-12(17)11(15-13(16)18)7-9-3-5-10(8-14)6-4-9/h3-7H,2H2,1H3,(H,15,18)/b11-7+. The van der Waals surface area contributed by atoms with Crippen LogP contribution >= 0.6 is 0 Å². The molecular weight excluding hydrogens is 230 g/mol. The van der Waals surface area contributed by atoms with E-state index in [4.69, 9.17) is 5.26 Å². The van der Waals surface area contributed by atoms with E-state index in [0.717, 1.165) is 10.5 Å². The molecule has 0 bridgehead atoms. The Kier molecular flexibility index (Phi) is 3.11. The average Bonchev–Trinajstić information content (AvgIpc) is 2.65. The third-order valence-corrected chi connectivity index (χ3v) is 2.63. The lowest BCUT2D eigenvalue weighted by molar-refractivity contribution is -0.122. The van der Waals surface area contributed by atoms with Gasteiger partial charge in [-0.2, -0.15) is 5.26 Å². The lowest BCUT2D eigenvalue weighted by Gasteiger charge is -2.05. The van der Waals surface area contributed by atoms with Crippen LogP contribution in [0.2, 0.25) is 0 Å². The van der Waals surface area contributed by atoms with Gasteiger partial charge in [0.15, 0.2) is 0 Å². The Bertz CT molecular complexity index is 567. The summed E-state index contributed by atoms with van der Waals surface area (Å²) in [7, 11) is 0. The minimum atomic E-state index is -0.401. The summed E-state index contributed by atoms with van der Waals surface area (Å²) in [6.45, 7) is 2.08. The zero-order valence-corrected chi connectivity index (χ0v) is 9.80. The normalized spacial score (nSPS) is 16.9. The number of carbonyl (C=O) groups excluding carboxylic acids is 2. The Balaban J connectivity index is 2.26. The van der Waals surface area contributed by atoms with Gasteiger partial charge in [0.1, 0.15) is 5.70 Å². The molecule has 0 saturated carbocycles. The minimum absolute atomic E-state index is 0.256. The highest BCUT2D eigenvalue weighted by Gasteiger charge is 2.31. The van der Waals surface area contributed by atoms with Crippen LogP contribution in [0.3, 0.4) is 0 Å². The second-order valence-electron chi connectivity index (χ2n) is 3.77. The number of hydrogen-bond acceptors (Lipinski definition) is 3. The molecular formula is C13H11N3O2. The number of carbonyl (C=O) groups is 2. The first-order chi connectivity index (χ1) is 8.65. The molecule has 18 heavy (non-hydrogen) atoms. The van der Waals surface area contributed by atoms with Crippen molar-refractivity contribution < 1.29 is 9.59 Å². The summed E-state index contributed by atoms with van der Waals surface area (Å²) in [5.74, 6) is -0.327. The fourth-order valence-corrected chi connectivity index (χ4v) is 1.68. The van der Waals surface area contributed by atoms with Crippen LogP contribution in [0.4, 0.5) is 4.79 Å². The molecule has 1 saturated heterocycles. The van der Waals surface area contributed by atoms with Crippen LogP contribution in [-0.2, 0) is 4.79 Å². The van der Waals surface area contributed by atoms with Crippen molar-refractivity contribution in [3.63, 3.8) is 0 Å². The van der Waals surface area contributed by atoms with E-state index < -0.39 is 6.03 Å². The van der Waals surface area contributed by atoms with Crippen molar-refractivity contribution in [3.05, 3.63) is 41.1 Å². The highest BCUT2D eigenvalue weighted by atomic mass is 16.2. The first-order valence-corrected chi connectivity index (χ1v) is 5.50. The zero-order valence-electron chi connectivity index (χ0n) is 9.80. The smallest absolute Gasteiger partial charge is 0.303 e. The molecule has 5 nitrogen and oxygen atoms in total. The van der Waals surface area contributed by atoms with Gasteiger partial charge < -0.3 is 5.32 Å². The van der Waals surface area contributed by atoms with Crippen molar-refractivity contribution in [1.29, 1.82) is 5.26 Å². The molecule has 0 atom stereocenters. The van der Waals surface area contributed by atoms with Gasteiger partial charge in [0.25, 0.3) is 5.91 Å². The molecule has 0 spiro atoms. The van der Waals surface area contributed by atoms with Crippen LogP contribution in [-0.4, -0.2) is 23.4 Å². The van der Waals surface area contributed by atoms with E-state index in [1.807, 2.05) is 6.07 Å². The minimum Gasteiger partial charge on any atom is -0.303 e. The van der Waals surface area contributed by atoms with E-state index >= 15 is 0 Å². The van der Waals surface area contributed by atoms with Crippen molar-refractivity contribution in [2.24, 2.45) is 0 Å². The molecule has 1 N–H and O–H groups in total. The summed E-state index contributed by atoms with van der Waals surface area (Å²) >= 11 is 0. The molecule has 0 aliphatic carbocycles. The Labute approximate surface area is 104 Å². The summed E-state index contributed by atoms with van der Waals surface area (Å²) in [4.78, 5) is 24.4. The van der Waals surface area contributed by atoms with Gasteiger partial charge in [-0.25, -0.2) is 4.79 Å². The van der Waals surface area contributed by atoms with Gasteiger partial charge in [-0.1, -0.05) is 12.1 Å². The molecule has 1 aromatic carbocycles. The molecule has 1 aromatic rings. The number of nitriles is 1. The van der Waals surface area contributed by atoms with Crippen molar-refractivity contribution in [2.75, 3.05) is 6.54 Å². The summed E-state index contributed by atoms with van der Waals surface area (Å²) in [6.07, 6.45) is 1.59. The van der Waals surface area contributed by atoms with Gasteiger partial charge in [0.05, 0.1) is 11.6 Å². The molecule has 90 valence electrons. The third-order valence-electron chi connectivity index (χ3n) is 2.63. The number of nitrogens with zero attached hydrogens (tertiary/aromatic N) is 2. The lowest BCUT2D eigenvalue weighted by Crippen LogP contribution is -2.30. The van der Waals surface area contributed by atoms with Crippen LogP contribution in [0.5, 0.6) is 0 Å². The highest BCUT2D eigenvalue weighted by molar-refractivity contribution is 6.13. The molecule has 3 amide bonds. The third kappa shape index (κ3) is 2.09. The molecule has 0 radical (unpaired) electrons. The van der Waals surface area contributed by atoms with Crippen molar-refractivity contribution in [3.8, 4) is 6.07 Å². The number of urea groups is 1. The van der Waals surface area contributed by atoms with E-state index in [1.165, 1.54) is 0 Å². The van der Waals surface area contributed by atoms with Crippen molar-refractivity contribution in [2.45, 2.75) is 6.92 Å². The predicted octanol–water partition coefficient (Wildman–Crippen LogP) is 1.47. The Hall–Kier alpha value is -2.61. The number of benzene rings is 1. The summed E-state index contributed by atoms with van der Waals surface area (Å²) in [6, 6.07) is 8.37. The summed E-state index contributed by atoms with van der Waals surface area (Å²) < 4.78 is 0. The molecule has 2 rings (SSSR count). The van der Waals surface area contributed by atoms with Crippen molar-refractivity contribution in [1.82, 2.24) is 10.2 Å². The Morgan fingerprint density at radius 3 is 2.50 bits per heavy atom. The molecule has 5 heteroatoms. The van der Waals surface area contributed by atoms with E-state index in [-0.39, 0.29) is 11.6 Å². The SMILES string of the molecule is CCN1C(=O)N/C(=C/c2ccc(C#N)cc2)C1=O. The van der Waals surface area contributed by atoms with Crippen LogP contribution < -0.4 is 5.32 Å². The van der Waals surface area contributed by atoms with Crippen LogP contribution in [0.15, 0.2) is 30.0 Å². The second-order valence-corrected chi connectivity index (χ2v) is 3.77. The fourth-order valence-electron chi connectivity index (χ4n) is 1.68. The van der Waals surface area contributed by atoms with E-state index in [2.05, 4.69) is 5.32 Å². The van der Waals surface area contributed by atoms with Gasteiger partial charge in [-0.3, -0.25) is 9.69 Å². The van der Waals surface area contributed by atoms with Gasteiger partial charge in [0, 0.05) is 6.54 Å². The van der Waals surface area contributed by atoms with Crippen LogP contribution in [0, 0.1) is 11.3 Å². The predicted molar refractivity (Wildman–Crippen MR) is 65.1 cm³/mol. The molecule has 1 fully saturated rings. The first-order valence-electron chi connectivity index (χ1n) is 5.50. The van der Waals surface area contributed by atoms with Crippen molar-refractivity contribution >= 4 is 18.0 Å². The Morgan fingerprint density at radius 1 is 1.33 bits per heavy atom. The number of likely N-dealkylation sites (N-methyl/N-ethyl adjacent to an activating group) is 1. The molecule has 1 heterocycles. The first kappa shape index (κ1) is 11.9. The summed E-state index contributed by atoms with van der Waals surface area (Å²) in [5, 5.41) is 11.2. The maximum atomic E-state index is 11.8. The van der Waals surface area contributed by atoms with Gasteiger partial charge in [-0.15, -0.1) is 0 Å². The maximum absolute atomic E-state index is 11.8. The monoisotopic (exact) mass is 241 g/mol. The highest BCUT2D eigenvalue weighted by Crippen LogP contribution is 2.14. The number of imide groups is 1. The number of amides is 3. The van der Waals surface area contributed by atoms with Crippen LogP contribution in [0.1, 0.15) is 18.1 Å². The van der Waals surface area contributed by atoms with E-state index in [9.17, 15) is 9.59 Å². The molecule has 1 aliphatic heterocycles. The topological polar surface area (TPSA) is 73.2 Å².